The van der Waals surface area contributed by atoms with Crippen LogP contribution in [0.3, 0.4) is 0 Å². The lowest BCUT2D eigenvalue weighted by Crippen LogP contribution is -2.05. The number of aromatic nitrogens is 6. The first-order chi connectivity index (χ1) is 15.7. The van der Waals surface area contributed by atoms with Crippen LogP contribution in [0.1, 0.15) is 31.2 Å². The van der Waals surface area contributed by atoms with Gasteiger partial charge in [0.15, 0.2) is 16.7 Å². The van der Waals surface area contributed by atoms with Crippen molar-refractivity contribution in [2.24, 2.45) is 0 Å². The van der Waals surface area contributed by atoms with E-state index in [9.17, 15) is 0 Å². The van der Waals surface area contributed by atoms with E-state index in [1.165, 1.54) is 17.3 Å². The van der Waals surface area contributed by atoms with Crippen molar-refractivity contribution >= 4 is 11.8 Å². The van der Waals surface area contributed by atoms with Gasteiger partial charge in [-0.15, -0.1) is 20.4 Å². The van der Waals surface area contributed by atoms with Crippen LogP contribution in [0.15, 0.2) is 81.2 Å². The van der Waals surface area contributed by atoms with Crippen molar-refractivity contribution in [3.63, 3.8) is 0 Å². The lowest BCUT2D eigenvalue weighted by atomic mass is 10.0. The Balaban J connectivity index is 1.51. The van der Waals surface area contributed by atoms with E-state index in [2.05, 4.69) is 55.9 Å². The molecule has 0 bridgehead atoms. The van der Waals surface area contributed by atoms with E-state index in [-0.39, 0.29) is 0 Å². The summed E-state index contributed by atoms with van der Waals surface area (Å²) in [4.78, 5) is 4.25. The molecule has 0 aliphatic rings. The van der Waals surface area contributed by atoms with Crippen LogP contribution in [0.2, 0.25) is 0 Å². The lowest BCUT2D eigenvalue weighted by Gasteiger charge is -2.16. The molecule has 0 saturated heterocycles. The minimum atomic E-state index is 0.333. The number of rotatable bonds is 7. The fraction of sp³-hybridized carbons (Fsp3) is 0.174. The average Bonchev–Trinajstić information content (AvgIpc) is 3.59. The van der Waals surface area contributed by atoms with Crippen molar-refractivity contribution in [2.45, 2.75) is 30.7 Å². The molecule has 0 aliphatic heterocycles. The van der Waals surface area contributed by atoms with Crippen LogP contribution in [0, 0.1) is 0 Å². The van der Waals surface area contributed by atoms with Crippen LogP contribution in [-0.2, 0) is 5.75 Å². The van der Waals surface area contributed by atoms with Crippen molar-refractivity contribution in [3.05, 3.63) is 78.6 Å². The Kier molecular flexibility index (Phi) is 5.55. The largest absolute Gasteiger partial charge is 0.459 e. The summed E-state index contributed by atoms with van der Waals surface area (Å²) in [6, 6.07) is 15.7. The van der Waals surface area contributed by atoms with E-state index in [0.29, 0.717) is 29.2 Å². The highest BCUT2D eigenvalue weighted by molar-refractivity contribution is 7.98. The highest BCUT2D eigenvalue weighted by atomic mass is 32.2. The zero-order chi connectivity index (χ0) is 21.9. The molecule has 5 aromatic rings. The second-order valence-electron chi connectivity index (χ2n) is 7.36. The molecule has 5 rings (SSSR count). The molecule has 32 heavy (non-hydrogen) atoms. The molecule has 0 aliphatic carbocycles. The highest BCUT2D eigenvalue weighted by Gasteiger charge is 2.20. The van der Waals surface area contributed by atoms with Crippen molar-refractivity contribution < 1.29 is 8.83 Å². The fourth-order valence-electron chi connectivity index (χ4n) is 3.38. The van der Waals surface area contributed by atoms with Crippen LogP contribution < -0.4 is 0 Å². The predicted octanol–water partition coefficient (Wildman–Crippen LogP) is 5.39. The van der Waals surface area contributed by atoms with E-state index in [1.807, 2.05) is 24.3 Å². The molecule has 0 N–H and O–H groups in total. The molecule has 0 saturated carbocycles. The number of benzene rings is 1. The topological polar surface area (TPSA) is 95.7 Å². The molecule has 0 radical (unpaired) electrons. The van der Waals surface area contributed by atoms with Gasteiger partial charge >= 0.3 is 0 Å². The second-order valence-corrected chi connectivity index (χ2v) is 8.31. The van der Waals surface area contributed by atoms with Crippen LogP contribution in [0.5, 0.6) is 0 Å². The van der Waals surface area contributed by atoms with Gasteiger partial charge in [-0.3, -0.25) is 9.55 Å². The third-order valence-electron chi connectivity index (χ3n) is 4.88. The Morgan fingerprint density at radius 2 is 1.88 bits per heavy atom. The van der Waals surface area contributed by atoms with Crippen LogP contribution in [-0.4, -0.2) is 29.9 Å². The van der Waals surface area contributed by atoms with Crippen molar-refractivity contribution in [1.29, 1.82) is 0 Å². The van der Waals surface area contributed by atoms with E-state index in [4.69, 9.17) is 8.83 Å². The molecule has 4 heterocycles. The molecule has 0 unspecified atom stereocenters. The van der Waals surface area contributed by atoms with Gasteiger partial charge in [0.25, 0.3) is 5.89 Å². The average molecular weight is 445 g/mol. The van der Waals surface area contributed by atoms with Gasteiger partial charge < -0.3 is 8.83 Å². The van der Waals surface area contributed by atoms with Crippen molar-refractivity contribution in [3.8, 4) is 28.7 Å². The van der Waals surface area contributed by atoms with Crippen LogP contribution in [0.4, 0.5) is 0 Å². The zero-order valence-electron chi connectivity index (χ0n) is 17.5. The van der Waals surface area contributed by atoms with Gasteiger partial charge in [0.2, 0.25) is 5.89 Å². The Morgan fingerprint density at radius 3 is 2.66 bits per heavy atom. The van der Waals surface area contributed by atoms with Crippen molar-refractivity contribution in [1.82, 2.24) is 29.9 Å². The number of thioether (sulfide) groups is 1. The highest BCUT2D eigenvalue weighted by Crippen LogP contribution is 2.33. The molecule has 160 valence electrons. The third-order valence-corrected chi connectivity index (χ3v) is 5.79. The van der Waals surface area contributed by atoms with E-state index >= 15 is 0 Å². The molecule has 0 spiro atoms. The summed E-state index contributed by atoms with van der Waals surface area (Å²) in [5.41, 5.74) is 3.14. The van der Waals surface area contributed by atoms with Gasteiger partial charge in [0.1, 0.15) is 0 Å². The Hall–Kier alpha value is -3.72. The van der Waals surface area contributed by atoms with Gasteiger partial charge in [0, 0.05) is 18.0 Å². The Bertz CT molecular complexity index is 1310. The van der Waals surface area contributed by atoms with Gasteiger partial charge in [0.05, 0.1) is 17.7 Å². The summed E-state index contributed by atoms with van der Waals surface area (Å²) in [6.07, 6.45) is 5.11. The number of hydrogen-bond donors (Lipinski definition) is 0. The molecule has 9 heteroatoms. The second kappa shape index (κ2) is 8.80. The maximum absolute atomic E-state index is 5.74. The molecule has 0 atom stereocenters. The lowest BCUT2D eigenvalue weighted by molar-refractivity contribution is 0.494. The first-order valence-electron chi connectivity index (χ1n) is 10.1. The first-order valence-corrected chi connectivity index (χ1v) is 11.1. The Labute approximate surface area is 188 Å². The molecule has 1 aromatic carbocycles. The monoisotopic (exact) mass is 444 g/mol. The number of pyridine rings is 1. The Morgan fingerprint density at radius 1 is 0.969 bits per heavy atom. The SMILES string of the molecule is CC(C)c1ccccc1-n1c(SCc2nnc(-c3ccco3)o2)nnc1-c1cccnc1. The summed E-state index contributed by atoms with van der Waals surface area (Å²) >= 11 is 1.48. The maximum Gasteiger partial charge on any atom is 0.283 e. The van der Waals surface area contributed by atoms with Gasteiger partial charge in [-0.25, -0.2) is 0 Å². The summed E-state index contributed by atoms with van der Waals surface area (Å²) in [7, 11) is 0. The van der Waals surface area contributed by atoms with E-state index in [0.717, 1.165) is 22.2 Å². The molecule has 4 aromatic heterocycles. The number of furan rings is 1. The van der Waals surface area contributed by atoms with E-state index in [1.54, 1.807) is 30.8 Å². The molecule has 0 fully saturated rings. The first kappa shape index (κ1) is 20.2. The van der Waals surface area contributed by atoms with Gasteiger partial charge in [-0.05, 0) is 41.8 Å². The quantitative estimate of drug-likeness (QED) is 0.308. The third kappa shape index (κ3) is 3.94. The molecular weight excluding hydrogens is 424 g/mol. The summed E-state index contributed by atoms with van der Waals surface area (Å²) in [6.45, 7) is 4.35. The minimum Gasteiger partial charge on any atom is -0.459 e. The summed E-state index contributed by atoms with van der Waals surface area (Å²) < 4.78 is 13.1. The zero-order valence-corrected chi connectivity index (χ0v) is 18.4. The predicted molar refractivity (Wildman–Crippen MR) is 120 cm³/mol. The number of para-hydroxylation sites is 1. The van der Waals surface area contributed by atoms with Gasteiger partial charge in [-0.2, -0.15) is 0 Å². The molecule has 0 amide bonds. The number of nitrogens with zero attached hydrogens (tertiary/aromatic N) is 6. The fourth-order valence-corrected chi connectivity index (χ4v) is 4.16. The van der Waals surface area contributed by atoms with Crippen molar-refractivity contribution in [2.75, 3.05) is 0 Å². The summed E-state index contributed by atoms with van der Waals surface area (Å²) in [5, 5.41) is 17.9. The number of hydrogen-bond acceptors (Lipinski definition) is 8. The maximum atomic E-state index is 5.74. The van der Waals surface area contributed by atoms with Crippen LogP contribution in [0.25, 0.3) is 28.7 Å². The smallest absolute Gasteiger partial charge is 0.283 e. The molecule has 8 nitrogen and oxygen atoms in total. The van der Waals surface area contributed by atoms with Gasteiger partial charge in [-0.1, -0.05) is 43.8 Å². The molecular formula is C23H20N6O2S. The van der Waals surface area contributed by atoms with Crippen LogP contribution >= 0.6 is 11.8 Å². The standard InChI is InChI=1S/C23H20N6O2S/c1-15(2)17-8-3-4-9-18(17)29-21(16-7-5-11-24-13-16)26-28-23(29)32-14-20-25-27-22(31-20)19-10-6-12-30-19/h3-13,15H,14H2,1-2H3. The normalized spacial score (nSPS) is 11.3. The summed E-state index contributed by atoms with van der Waals surface area (Å²) in [5.74, 6) is 2.89. The minimum absolute atomic E-state index is 0.333. The van der Waals surface area contributed by atoms with E-state index < -0.39 is 0 Å².